The van der Waals surface area contributed by atoms with Crippen molar-refractivity contribution < 1.29 is 15.3 Å². The lowest BCUT2D eigenvalue weighted by molar-refractivity contribution is 0.450. The van der Waals surface area contributed by atoms with E-state index in [0.29, 0.717) is 0 Å². The Hall–Kier alpha value is -3.20. The standard InChI is InChI=1S/C20H16O3/c21-18-8-6-16(7-9-18)17-3-1-2-14(10-17)4-5-15-11-19(22)13-20(23)12-15/h1-13,21-23H/b5-4+. The van der Waals surface area contributed by atoms with Gasteiger partial charge in [-0.2, -0.15) is 0 Å². The first-order valence-corrected chi connectivity index (χ1v) is 7.21. The number of rotatable bonds is 3. The van der Waals surface area contributed by atoms with Crippen LogP contribution in [0.15, 0.2) is 66.7 Å². The predicted octanol–water partition coefficient (Wildman–Crippen LogP) is 4.64. The molecule has 0 heterocycles. The van der Waals surface area contributed by atoms with E-state index >= 15 is 0 Å². The Bertz CT molecular complexity index is 829. The van der Waals surface area contributed by atoms with Crippen LogP contribution < -0.4 is 0 Å². The molecule has 3 aromatic rings. The second-order valence-electron chi connectivity index (χ2n) is 5.29. The van der Waals surface area contributed by atoms with E-state index < -0.39 is 0 Å². The molecule has 0 saturated carbocycles. The first-order chi connectivity index (χ1) is 11.1. The van der Waals surface area contributed by atoms with Crippen molar-refractivity contribution in [1.82, 2.24) is 0 Å². The van der Waals surface area contributed by atoms with Crippen molar-refractivity contribution in [2.45, 2.75) is 0 Å². The topological polar surface area (TPSA) is 60.7 Å². The summed E-state index contributed by atoms with van der Waals surface area (Å²) in [7, 11) is 0. The highest BCUT2D eigenvalue weighted by Crippen LogP contribution is 2.25. The average Bonchev–Trinajstić information content (AvgIpc) is 2.53. The molecule has 23 heavy (non-hydrogen) atoms. The first kappa shape index (κ1) is 14.7. The maximum atomic E-state index is 9.49. The summed E-state index contributed by atoms with van der Waals surface area (Å²) in [6.45, 7) is 0. The van der Waals surface area contributed by atoms with Gasteiger partial charge in [-0.15, -0.1) is 0 Å². The SMILES string of the molecule is Oc1ccc(-c2cccc(/C=C/c3cc(O)cc(O)c3)c2)cc1. The van der Waals surface area contributed by atoms with Gasteiger partial charge in [0.15, 0.2) is 0 Å². The van der Waals surface area contributed by atoms with E-state index in [1.54, 1.807) is 24.3 Å². The van der Waals surface area contributed by atoms with Crippen LogP contribution in [0.25, 0.3) is 23.3 Å². The molecule has 0 atom stereocenters. The van der Waals surface area contributed by atoms with Crippen LogP contribution in [0.4, 0.5) is 0 Å². The van der Waals surface area contributed by atoms with Gasteiger partial charge in [0, 0.05) is 6.07 Å². The van der Waals surface area contributed by atoms with Gasteiger partial charge in [-0.3, -0.25) is 0 Å². The van der Waals surface area contributed by atoms with Crippen LogP contribution in [0, 0.1) is 0 Å². The molecule has 3 nitrogen and oxygen atoms in total. The van der Waals surface area contributed by atoms with Crippen molar-refractivity contribution in [2.24, 2.45) is 0 Å². The van der Waals surface area contributed by atoms with Crippen molar-refractivity contribution in [3.63, 3.8) is 0 Å². The van der Waals surface area contributed by atoms with Crippen molar-refractivity contribution in [3.05, 3.63) is 77.9 Å². The van der Waals surface area contributed by atoms with E-state index in [2.05, 4.69) is 0 Å². The fourth-order valence-corrected chi connectivity index (χ4v) is 2.38. The van der Waals surface area contributed by atoms with Crippen molar-refractivity contribution in [1.29, 1.82) is 0 Å². The molecule has 3 rings (SSSR count). The summed E-state index contributed by atoms with van der Waals surface area (Å²) in [6.07, 6.45) is 3.74. The quantitative estimate of drug-likeness (QED) is 0.618. The number of phenolic OH excluding ortho intramolecular Hbond substituents is 3. The van der Waals surface area contributed by atoms with Crippen molar-refractivity contribution in [3.8, 4) is 28.4 Å². The second-order valence-corrected chi connectivity index (χ2v) is 5.29. The van der Waals surface area contributed by atoms with Crippen LogP contribution >= 0.6 is 0 Å². The zero-order valence-corrected chi connectivity index (χ0v) is 12.3. The van der Waals surface area contributed by atoms with Crippen LogP contribution in [0.2, 0.25) is 0 Å². The van der Waals surface area contributed by atoms with Crippen LogP contribution in [0.1, 0.15) is 11.1 Å². The Morgan fingerprint density at radius 3 is 1.87 bits per heavy atom. The van der Waals surface area contributed by atoms with Crippen molar-refractivity contribution in [2.75, 3.05) is 0 Å². The Balaban J connectivity index is 1.87. The maximum Gasteiger partial charge on any atom is 0.119 e. The van der Waals surface area contributed by atoms with E-state index in [9.17, 15) is 15.3 Å². The molecule has 0 saturated heterocycles. The Morgan fingerprint density at radius 2 is 1.17 bits per heavy atom. The molecular formula is C20H16O3. The van der Waals surface area contributed by atoms with Gasteiger partial charge >= 0.3 is 0 Å². The molecule has 0 spiro atoms. The normalized spacial score (nSPS) is 11.0. The molecule has 0 amide bonds. The highest BCUT2D eigenvalue weighted by molar-refractivity contribution is 5.74. The fraction of sp³-hybridized carbons (Fsp3) is 0. The van der Waals surface area contributed by atoms with E-state index in [4.69, 9.17) is 0 Å². The largest absolute Gasteiger partial charge is 0.508 e. The van der Waals surface area contributed by atoms with Crippen LogP contribution in [0.3, 0.4) is 0 Å². The third-order valence-electron chi connectivity index (χ3n) is 3.48. The molecule has 114 valence electrons. The van der Waals surface area contributed by atoms with Gasteiger partial charge in [-0.25, -0.2) is 0 Å². The molecule has 3 aromatic carbocycles. The lowest BCUT2D eigenvalue weighted by Gasteiger charge is -2.04. The second kappa shape index (κ2) is 6.28. The van der Waals surface area contributed by atoms with Gasteiger partial charge < -0.3 is 15.3 Å². The summed E-state index contributed by atoms with van der Waals surface area (Å²) >= 11 is 0. The van der Waals surface area contributed by atoms with Gasteiger partial charge in [-0.1, -0.05) is 42.5 Å². The van der Waals surface area contributed by atoms with E-state index in [0.717, 1.165) is 22.3 Å². The minimum Gasteiger partial charge on any atom is -0.508 e. The Labute approximate surface area is 134 Å². The average molecular weight is 304 g/mol. The van der Waals surface area contributed by atoms with Crippen LogP contribution in [-0.2, 0) is 0 Å². The molecule has 3 heteroatoms. The molecule has 0 bridgehead atoms. The third-order valence-corrected chi connectivity index (χ3v) is 3.48. The third kappa shape index (κ3) is 3.71. The number of aromatic hydroxyl groups is 3. The number of phenols is 3. The number of benzene rings is 3. The van der Waals surface area contributed by atoms with E-state index in [1.807, 2.05) is 48.6 Å². The summed E-state index contributed by atoms with van der Waals surface area (Å²) in [6, 6.07) is 19.5. The summed E-state index contributed by atoms with van der Waals surface area (Å²) in [5.41, 5.74) is 3.79. The van der Waals surface area contributed by atoms with Gasteiger partial charge in [0.05, 0.1) is 0 Å². The Kier molecular flexibility index (Phi) is 4.02. The zero-order chi connectivity index (χ0) is 16.2. The van der Waals surface area contributed by atoms with Crippen LogP contribution in [0.5, 0.6) is 17.2 Å². The lowest BCUT2D eigenvalue weighted by Crippen LogP contribution is -1.79. The zero-order valence-electron chi connectivity index (χ0n) is 12.3. The summed E-state index contributed by atoms with van der Waals surface area (Å²) < 4.78 is 0. The molecular weight excluding hydrogens is 288 g/mol. The highest BCUT2D eigenvalue weighted by Gasteiger charge is 1.99. The van der Waals surface area contributed by atoms with Gasteiger partial charge in [0.1, 0.15) is 17.2 Å². The molecule has 0 radical (unpaired) electrons. The summed E-state index contributed by atoms with van der Waals surface area (Å²) in [5.74, 6) is 0.304. The molecule has 3 N–H and O–H groups in total. The number of hydrogen-bond donors (Lipinski definition) is 3. The molecule has 0 fully saturated rings. The summed E-state index contributed by atoms with van der Waals surface area (Å²) in [5, 5.41) is 28.3. The molecule has 0 aliphatic heterocycles. The lowest BCUT2D eigenvalue weighted by atomic mass is 10.0. The first-order valence-electron chi connectivity index (χ1n) is 7.21. The maximum absolute atomic E-state index is 9.49. The van der Waals surface area contributed by atoms with Crippen molar-refractivity contribution >= 4 is 12.2 Å². The molecule has 0 aliphatic rings. The Morgan fingerprint density at radius 1 is 0.522 bits per heavy atom. The minimum absolute atomic E-state index is 0.0301. The van der Waals surface area contributed by atoms with Gasteiger partial charge in [0.25, 0.3) is 0 Å². The molecule has 0 unspecified atom stereocenters. The monoisotopic (exact) mass is 304 g/mol. The van der Waals surface area contributed by atoms with E-state index in [1.165, 1.54) is 6.07 Å². The van der Waals surface area contributed by atoms with Gasteiger partial charge in [-0.05, 0) is 52.6 Å². The van der Waals surface area contributed by atoms with Gasteiger partial charge in [0.2, 0.25) is 0 Å². The summed E-state index contributed by atoms with van der Waals surface area (Å²) in [4.78, 5) is 0. The van der Waals surface area contributed by atoms with Crippen LogP contribution in [-0.4, -0.2) is 15.3 Å². The highest BCUT2D eigenvalue weighted by atomic mass is 16.3. The van der Waals surface area contributed by atoms with E-state index in [-0.39, 0.29) is 17.2 Å². The number of hydrogen-bond acceptors (Lipinski definition) is 3. The molecule has 0 aromatic heterocycles. The molecule has 0 aliphatic carbocycles. The smallest absolute Gasteiger partial charge is 0.119 e. The fourth-order valence-electron chi connectivity index (χ4n) is 2.38. The predicted molar refractivity (Wildman–Crippen MR) is 92.2 cm³/mol. The minimum atomic E-state index is 0.0301.